The minimum atomic E-state index is -0.548. The Morgan fingerprint density at radius 3 is 2.54 bits per heavy atom. The summed E-state index contributed by atoms with van der Waals surface area (Å²) in [6, 6.07) is 6.33. The smallest absolute Gasteiger partial charge is 0.341 e. The number of hydrogen-bond acceptors (Lipinski definition) is 7. The average molecular weight is 351 g/mol. The topological polar surface area (TPSA) is 102 Å². The van der Waals surface area contributed by atoms with Gasteiger partial charge in [-0.2, -0.15) is 0 Å². The fraction of sp³-hybridized carbons (Fsp3) is 0.200. The Hall–Kier alpha value is -2.87. The Morgan fingerprint density at radius 2 is 1.92 bits per heavy atom. The number of esters is 1. The van der Waals surface area contributed by atoms with Gasteiger partial charge in [0.05, 0.1) is 25.6 Å². The van der Waals surface area contributed by atoms with Crippen molar-refractivity contribution in [1.29, 1.82) is 0 Å². The molecule has 2 aromatic rings. The molecule has 1 amide bonds. The SMILES string of the molecule is CNC(=O)c1nnc(Cl)cc1Nc1cccc(C(=O)OC)c1OC. The van der Waals surface area contributed by atoms with Crippen LogP contribution >= 0.6 is 11.6 Å². The molecule has 0 radical (unpaired) electrons. The third-order valence-corrected chi connectivity index (χ3v) is 3.28. The number of carbonyl (C=O) groups is 2. The molecule has 126 valence electrons. The molecule has 0 saturated carbocycles. The Labute approximate surface area is 143 Å². The second kappa shape index (κ2) is 7.60. The highest BCUT2D eigenvalue weighted by Crippen LogP contribution is 2.32. The van der Waals surface area contributed by atoms with Gasteiger partial charge in [-0.15, -0.1) is 10.2 Å². The normalized spacial score (nSPS) is 10.0. The molecule has 0 aliphatic rings. The molecule has 0 fully saturated rings. The Kier molecular flexibility index (Phi) is 5.54. The Balaban J connectivity index is 2.51. The number of halogens is 1. The first-order valence-corrected chi connectivity index (χ1v) is 7.17. The first kappa shape index (κ1) is 17.5. The van der Waals surface area contributed by atoms with Crippen LogP contribution in [-0.2, 0) is 4.74 Å². The second-order valence-electron chi connectivity index (χ2n) is 4.51. The van der Waals surface area contributed by atoms with Crippen LogP contribution in [0, 0.1) is 0 Å². The van der Waals surface area contributed by atoms with Crippen molar-refractivity contribution in [2.45, 2.75) is 0 Å². The van der Waals surface area contributed by atoms with Gasteiger partial charge in [0.15, 0.2) is 16.6 Å². The Bertz CT molecular complexity index is 782. The highest BCUT2D eigenvalue weighted by molar-refractivity contribution is 6.29. The first-order chi connectivity index (χ1) is 11.5. The fourth-order valence-electron chi connectivity index (χ4n) is 2.02. The van der Waals surface area contributed by atoms with E-state index in [0.717, 1.165) is 0 Å². The molecule has 0 aliphatic heterocycles. The second-order valence-corrected chi connectivity index (χ2v) is 4.90. The number of anilines is 2. The number of nitrogens with zero attached hydrogens (tertiary/aromatic N) is 2. The lowest BCUT2D eigenvalue weighted by atomic mass is 10.1. The fourth-order valence-corrected chi connectivity index (χ4v) is 2.17. The third kappa shape index (κ3) is 3.54. The molecule has 0 saturated heterocycles. The van der Waals surface area contributed by atoms with Crippen LogP contribution in [-0.4, -0.2) is 43.3 Å². The molecular formula is C15H15ClN4O4. The summed E-state index contributed by atoms with van der Waals surface area (Å²) in [6.45, 7) is 0. The van der Waals surface area contributed by atoms with Crippen molar-refractivity contribution in [2.75, 3.05) is 26.6 Å². The van der Waals surface area contributed by atoms with Crippen LogP contribution in [0.5, 0.6) is 5.75 Å². The molecular weight excluding hydrogens is 336 g/mol. The van der Waals surface area contributed by atoms with Crippen molar-refractivity contribution in [1.82, 2.24) is 15.5 Å². The standard InChI is InChI=1S/C15H15ClN4O4/c1-17-14(21)12-10(7-11(16)19-20-12)18-9-6-4-5-8(13(9)23-2)15(22)24-3/h4-7H,1-3H3,(H,17,21)(H,18,19). The number of carbonyl (C=O) groups excluding carboxylic acids is 2. The largest absolute Gasteiger partial charge is 0.494 e. The summed E-state index contributed by atoms with van der Waals surface area (Å²) in [5.74, 6) is -0.724. The first-order valence-electron chi connectivity index (χ1n) is 6.79. The van der Waals surface area contributed by atoms with Gasteiger partial charge < -0.3 is 20.1 Å². The van der Waals surface area contributed by atoms with Crippen LogP contribution in [0.2, 0.25) is 5.15 Å². The average Bonchev–Trinajstić information content (AvgIpc) is 2.60. The molecule has 1 aromatic heterocycles. The molecule has 0 atom stereocenters. The zero-order chi connectivity index (χ0) is 17.7. The lowest BCUT2D eigenvalue weighted by Crippen LogP contribution is -2.21. The number of amides is 1. The summed E-state index contributed by atoms with van der Waals surface area (Å²) in [7, 11) is 4.17. The van der Waals surface area contributed by atoms with Gasteiger partial charge >= 0.3 is 5.97 Å². The third-order valence-electron chi connectivity index (χ3n) is 3.10. The zero-order valence-electron chi connectivity index (χ0n) is 13.2. The molecule has 1 aromatic carbocycles. The van der Waals surface area contributed by atoms with Crippen LogP contribution in [0.3, 0.4) is 0 Å². The van der Waals surface area contributed by atoms with Crippen molar-refractivity contribution < 1.29 is 19.1 Å². The highest BCUT2D eigenvalue weighted by atomic mass is 35.5. The number of hydrogen-bond donors (Lipinski definition) is 2. The van der Waals surface area contributed by atoms with E-state index in [0.29, 0.717) is 11.4 Å². The minimum absolute atomic E-state index is 0.0485. The van der Waals surface area contributed by atoms with Crippen LogP contribution in [0.25, 0.3) is 0 Å². The number of methoxy groups -OCH3 is 2. The van der Waals surface area contributed by atoms with Crippen LogP contribution in [0.1, 0.15) is 20.8 Å². The van der Waals surface area contributed by atoms with E-state index < -0.39 is 11.9 Å². The van der Waals surface area contributed by atoms with Crippen molar-refractivity contribution in [3.8, 4) is 5.75 Å². The number of rotatable bonds is 5. The highest BCUT2D eigenvalue weighted by Gasteiger charge is 2.19. The molecule has 0 bridgehead atoms. The molecule has 0 unspecified atom stereocenters. The summed E-state index contributed by atoms with van der Waals surface area (Å²) >= 11 is 5.86. The molecule has 2 rings (SSSR count). The van der Waals surface area contributed by atoms with Crippen molar-refractivity contribution in [3.63, 3.8) is 0 Å². The lowest BCUT2D eigenvalue weighted by Gasteiger charge is -2.15. The predicted molar refractivity (Wildman–Crippen MR) is 88.0 cm³/mol. The maximum atomic E-state index is 11.9. The van der Waals surface area contributed by atoms with E-state index in [9.17, 15) is 9.59 Å². The number of benzene rings is 1. The zero-order valence-corrected chi connectivity index (χ0v) is 14.0. The van der Waals surface area contributed by atoms with Crippen LogP contribution < -0.4 is 15.4 Å². The molecule has 8 nitrogen and oxygen atoms in total. The Morgan fingerprint density at radius 1 is 1.17 bits per heavy atom. The lowest BCUT2D eigenvalue weighted by molar-refractivity contribution is 0.0597. The molecule has 9 heteroatoms. The summed E-state index contributed by atoms with van der Waals surface area (Å²) in [6.07, 6.45) is 0. The number of nitrogens with one attached hydrogen (secondary N) is 2. The molecule has 0 spiro atoms. The molecule has 2 N–H and O–H groups in total. The summed E-state index contributed by atoms with van der Waals surface area (Å²) < 4.78 is 10.0. The van der Waals surface area contributed by atoms with E-state index in [1.54, 1.807) is 18.2 Å². The van der Waals surface area contributed by atoms with Gasteiger partial charge in [-0.05, 0) is 12.1 Å². The van der Waals surface area contributed by atoms with Crippen LogP contribution in [0.15, 0.2) is 24.3 Å². The predicted octanol–water partition coefficient (Wildman–Crippen LogP) is 2.03. The van der Waals surface area contributed by atoms with E-state index in [-0.39, 0.29) is 22.2 Å². The van der Waals surface area contributed by atoms with E-state index in [2.05, 4.69) is 20.8 Å². The van der Waals surface area contributed by atoms with Crippen molar-refractivity contribution >= 4 is 34.9 Å². The number of para-hydroxylation sites is 1. The maximum Gasteiger partial charge on any atom is 0.341 e. The summed E-state index contributed by atoms with van der Waals surface area (Å²) in [4.78, 5) is 23.7. The van der Waals surface area contributed by atoms with Gasteiger partial charge in [-0.1, -0.05) is 17.7 Å². The minimum Gasteiger partial charge on any atom is -0.494 e. The monoisotopic (exact) mass is 350 g/mol. The van der Waals surface area contributed by atoms with Crippen LogP contribution in [0.4, 0.5) is 11.4 Å². The van der Waals surface area contributed by atoms with Gasteiger partial charge in [0.1, 0.15) is 5.56 Å². The van der Waals surface area contributed by atoms with Gasteiger partial charge in [-0.3, -0.25) is 4.79 Å². The number of aromatic nitrogens is 2. The van der Waals surface area contributed by atoms with Crippen molar-refractivity contribution in [3.05, 3.63) is 40.7 Å². The van der Waals surface area contributed by atoms with E-state index in [1.807, 2.05) is 0 Å². The van der Waals surface area contributed by atoms with E-state index >= 15 is 0 Å². The van der Waals surface area contributed by atoms with Crippen molar-refractivity contribution in [2.24, 2.45) is 0 Å². The summed E-state index contributed by atoms with van der Waals surface area (Å²) in [5, 5.41) is 13.0. The number of ether oxygens (including phenoxy) is 2. The molecule has 0 aliphatic carbocycles. The van der Waals surface area contributed by atoms with E-state index in [4.69, 9.17) is 21.1 Å². The quantitative estimate of drug-likeness (QED) is 0.795. The van der Waals surface area contributed by atoms with Gasteiger partial charge in [0.2, 0.25) is 0 Å². The van der Waals surface area contributed by atoms with Gasteiger partial charge in [-0.25, -0.2) is 4.79 Å². The van der Waals surface area contributed by atoms with Gasteiger partial charge in [0, 0.05) is 13.1 Å². The molecule has 24 heavy (non-hydrogen) atoms. The maximum absolute atomic E-state index is 11.9. The summed E-state index contributed by atoms with van der Waals surface area (Å²) in [5.41, 5.74) is 1.04. The van der Waals surface area contributed by atoms with Gasteiger partial charge in [0.25, 0.3) is 5.91 Å². The van der Waals surface area contributed by atoms with E-state index in [1.165, 1.54) is 27.3 Å². The molecule has 1 heterocycles.